The molecule has 1 saturated carbocycles. The number of nitrogens with zero attached hydrogens (tertiary/aromatic N) is 1. The highest BCUT2D eigenvalue weighted by Gasteiger charge is 2.34. The molecule has 1 unspecified atom stereocenters. The molecule has 0 saturated heterocycles. The van der Waals surface area contributed by atoms with Crippen LogP contribution < -0.4 is 5.32 Å². The number of hydrogen-bond donors (Lipinski definition) is 1. The smallest absolute Gasteiger partial charge is 0.0475 e. The third-order valence-corrected chi connectivity index (χ3v) is 3.90. The molecule has 1 aliphatic rings. The van der Waals surface area contributed by atoms with E-state index in [1.807, 2.05) is 0 Å². The number of rotatable bonds is 8. The van der Waals surface area contributed by atoms with E-state index in [4.69, 9.17) is 0 Å². The lowest BCUT2D eigenvalue weighted by Gasteiger charge is -2.34. The Morgan fingerprint density at radius 3 is 2.25 bits per heavy atom. The van der Waals surface area contributed by atoms with E-state index in [2.05, 4.69) is 68.2 Å². The van der Waals surface area contributed by atoms with Crippen LogP contribution in [0.1, 0.15) is 52.1 Å². The van der Waals surface area contributed by atoms with Crippen LogP contribution in [0.25, 0.3) is 0 Å². The van der Waals surface area contributed by atoms with Crippen LogP contribution >= 0.6 is 0 Å². The SMILES string of the molecule is CC(C)CN(C1CC1)C(CNC(C)C)c1ccccc1. The second-order valence-electron chi connectivity index (χ2n) is 6.81. The first-order valence-electron chi connectivity index (χ1n) is 8.12. The van der Waals surface area contributed by atoms with E-state index in [0.717, 1.165) is 18.5 Å². The molecule has 2 rings (SSSR count). The standard InChI is InChI=1S/C18H30N2/c1-14(2)13-20(17-10-11-17)18(12-19-15(3)4)16-8-6-5-7-9-16/h5-9,14-15,17-19H,10-13H2,1-4H3. The lowest BCUT2D eigenvalue weighted by molar-refractivity contribution is 0.160. The van der Waals surface area contributed by atoms with Gasteiger partial charge in [-0.2, -0.15) is 0 Å². The Morgan fingerprint density at radius 1 is 1.10 bits per heavy atom. The Bertz CT molecular complexity index is 382. The molecule has 1 aromatic rings. The first-order valence-corrected chi connectivity index (χ1v) is 8.12. The van der Waals surface area contributed by atoms with Crippen LogP contribution in [0.4, 0.5) is 0 Å². The summed E-state index contributed by atoms with van der Waals surface area (Å²) in [6.07, 6.45) is 2.75. The zero-order chi connectivity index (χ0) is 14.5. The second kappa shape index (κ2) is 7.24. The molecule has 0 aliphatic heterocycles. The van der Waals surface area contributed by atoms with Gasteiger partial charge in [0, 0.05) is 31.2 Å². The van der Waals surface area contributed by atoms with Crippen molar-refractivity contribution in [2.24, 2.45) is 5.92 Å². The first kappa shape index (κ1) is 15.5. The van der Waals surface area contributed by atoms with Crippen molar-refractivity contribution in [3.8, 4) is 0 Å². The summed E-state index contributed by atoms with van der Waals surface area (Å²) in [5, 5.41) is 3.64. The molecule has 2 nitrogen and oxygen atoms in total. The van der Waals surface area contributed by atoms with Crippen LogP contribution in [0.2, 0.25) is 0 Å². The van der Waals surface area contributed by atoms with Crippen molar-refractivity contribution in [2.75, 3.05) is 13.1 Å². The summed E-state index contributed by atoms with van der Waals surface area (Å²) in [5.41, 5.74) is 1.45. The molecular formula is C18H30N2. The van der Waals surface area contributed by atoms with Crippen LogP contribution in [0, 0.1) is 5.92 Å². The molecule has 0 bridgehead atoms. The maximum Gasteiger partial charge on any atom is 0.0475 e. The van der Waals surface area contributed by atoms with Crippen molar-refractivity contribution in [3.63, 3.8) is 0 Å². The molecule has 1 fully saturated rings. The highest BCUT2D eigenvalue weighted by atomic mass is 15.2. The maximum absolute atomic E-state index is 3.64. The minimum atomic E-state index is 0.508. The van der Waals surface area contributed by atoms with Gasteiger partial charge in [0.1, 0.15) is 0 Å². The monoisotopic (exact) mass is 274 g/mol. The zero-order valence-corrected chi connectivity index (χ0v) is 13.5. The van der Waals surface area contributed by atoms with Crippen LogP contribution in [0.15, 0.2) is 30.3 Å². The van der Waals surface area contributed by atoms with Gasteiger partial charge in [0.2, 0.25) is 0 Å². The third-order valence-electron chi connectivity index (χ3n) is 3.90. The van der Waals surface area contributed by atoms with Gasteiger partial charge in [0.15, 0.2) is 0 Å². The zero-order valence-electron chi connectivity index (χ0n) is 13.5. The molecule has 1 N–H and O–H groups in total. The Hall–Kier alpha value is -0.860. The first-order chi connectivity index (χ1) is 9.58. The fourth-order valence-corrected chi connectivity index (χ4v) is 2.81. The van der Waals surface area contributed by atoms with E-state index in [-0.39, 0.29) is 0 Å². The summed E-state index contributed by atoms with van der Waals surface area (Å²) in [4.78, 5) is 2.73. The predicted molar refractivity (Wildman–Crippen MR) is 86.9 cm³/mol. The highest BCUT2D eigenvalue weighted by molar-refractivity contribution is 5.20. The summed E-state index contributed by atoms with van der Waals surface area (Å²) in [5.74, 6) is 0.723. The third kappa shape index (κ3) is 4.60. The van der Waals surface area contributed by atoms with Crippen molar-refractivity contribution >= 4 is 0 Å². The fraction of sp³-hybridized carbons (Fsp3) is 0.667. The normalized spacial score (nSPS) is 17.1. The highest BCUT2D eigenvalue weighted by Crippen LogP contribution is 2.34. The van der Waals surface area contributed by atoms with Gasteiger partial charge in [0.05, 0.1) is 0 Å². The average molecular weight is 274 g/mol. The summed E-state index contributed by atoms with van der Waals surface area (Å²) in [7, 11) is 0. The summed E-state index contributed by atoms with van der Waals surface area (Å²) < 4.78 is 0. The number of benzene rings is 1. The predicted octanol–water partition coefficient (Wildman–Crippen LogP) is 3.85. The maximum atomic E-state index is 3.64. The van der Waals surface area contributed by atoms with Gasteiger partial charge in [-0.25, -0.2) is 0 Å². The Labute approximate surface area is 124 Å². The van der Waals surface area contributed by atoms with Gasteiger partial charge in [0.25, 0.3) is 0 Å². The molecule has 0 radical (unpaired) electrons. The largest absolute Gasteiger partial charge is 0.313 e. The van der Waals surface area contributed by atoms with E-state index in [1.165, 1.54) is 24.9 Å². The van der Waals surface area contributed by atoms with E-state index in [1.54, 1.807) is 0 Å². The van der Waals surface area contributed by atoms with Gasteiger partial charge in [-0.15, -0.1) is 0 Å². The number of hydrogen-bond acceptors (Lipinski definition) is 2. The van der Waals surface area contributed by atoms with Crippen LogP contribution in [0.3, 0.4) is 0 Å². The van der Waals surface area contributed by atoms with Crippen LogP contribution in [0.5, 0.6) is 0 Å². The van der Waals surface area contributed by atoms with E-state index in [0.29, 0.717) is 12.1 Å². The van der Waals surface area contributed by atoms with E-state index >= 15 is 0 Å². The molecule has 112 valence electrons. The van der Waals surface area contributed by atoms with Gasteiger partial charge >= 0.3 is 0 Å². The van der Waals surface area contributed by atoms with Gasteiger partial charge in [-0.05, 0) is 24.3 Å². The Morgan fingerprint density at radius 2 is 1.75 bits per heavy atom. The lowest BCUT2D eigenvalue weighted by Crippen LogP contribution is -2.41. The van der Waals surface area contributed by atoms with Crippen molar-refractivity contribution in [1.29, 1.82) is 0 Å². The van der Waals surface area contributed by atoms with Crippen molar-refractivity contribution < 1.29 is 0 Å². The molecule has 0 amide bonds. The lowest BCUT2D eigenvalue weighted by atomic mass is 10.0. The summed E-state index contributed by atoms with van der Waals surface area (Å²) in [6.45, 7) is 11.4. The second-order valence-corrected chi connectivity index (χ2v) is 6.81. The molecule has 1 aromatic carbocycles. The molecule has 0 aromatic heterocycles. The molecule has 20 heavy (non-hydrogen) atoms. The fourth-order valence-electron chi connectivity index (χ4n) is 2.81. The number of nitrogens with one attached hydrogen (secondary N) is 1. The van der Waals surface area contributed by atoms with Gasteiger partial charge in [-0.1, -0.05) is 58.0 Å². The molecule has 1 atom stereocenters. The topological polar surface area (TPSA) is 15.3 Å². The van der Waals surface area contributed by atoms with Gasteiger partial charge < -0.3 is 5.32 Å². The van der Waals surface area contributed by atoms with Crippen LogP contribution in [-0.4, -0.2) is 30.1 Å². The van der Waals surface area contributed by atoms with E-state index in [9.17, 15) is 0 Å². The summed E-state index contributed by atoms with van der Waals surface area (Å²) in [6, 6.07) is 12.9. The van der Waals surface area contributed by atoms with Crippen molar-refractivity contribution in [2.45, 2.75) is 58.7 Å². The average Bonchev–Trinajstić information content (AvgIpc) is 3.22. The molecule has 1 aliphatic carbocycles. The molecule has 0 spiro atoms. The molecule has 2 heteroatoms. The quantitative estimate of drug-likeness (QED) is 0.774. The summed E-state index contributed by atoms with van der Waals surface area (Å²) >= 11 is 0. The molecular weight excluding hydrogens is 244 g/mol. The van der Waals surface area contributed by atoms with Crippen molar-refractivity contribution in [3.05, 3.63) is 35.9 Å². The minimum absolute atomic E-state index is 0.508. The molecule has 0 heterocycles. The Balaban J connectivity index is 2.14. The van der Waals surface area contributed by atoms with Crippen LogP contribution in [-0.2, 0) is 0 Å². The minimum Gasteiger partial charge on any atom is -0.313 e. The Kier molecular flexibility index (Phi) is 5.62. The van der Waals surface area contributed by atoms with Crippen molar-refractivity contribution in [1.82, 2.24) is 10.2 Å². The van der Waals surface area contributed by atoms with Gasteiger partial charge in [-0.3, -0.25) is 4.90 Å². The van der Waals surface area contributed by atoms with E-state index < -0.39 is 0 Å².